The van der Waals surface area contributed by atoms with Crippen LogP contribution < -0.4 is 5.32 Å². The summed E-state index contributed by atoms with van der Waals surface area (Å²) in [7, 11) is 0. The molecule has 0 aliphatic rings. The zero-order chi connectivity index (χ0) is 13.1. The molecule has 0 saturated carbocycles. The van der Waals surface area contributed by atoms with Gasteiger partial charge in [0, 0.05) is 11.6 Å². The zero-order valence-electron chi connectivity index (χ0n) is 9.38. The maximum absolute atomic E-state index is 10.7. The van der Waals surface area contributed by atoms with Crippen molar-refractivity contribution in [1.29, 1.82) is 0 Å². The first kappa shape index (κ1) is 12.5. The van der Waals surface area contributed by atoms with Crippen molar-refractivity contribution < 1.29 is 9.45 Å². The summed E-state index contributed by atoms with van der Waals surface area (Å²) in [5, 5.41) is 17.5. The summed E-state index contributed by atoms with van der Waals surface area (Å²) in [5.74, 6) is 0.529. The molecule has 2 aromatic rings. The molecule has 0 amide bonds. The van der Waals surface area contributed by atoms with E-state index in [1.165, 1.54) is 12.5 Å². The molecule has 1 N–H and O–H groups in total. The molecule has 8 heteroatoms. The highest BCUT2D eigenvalue weighted by atomic mass is 79.9. The summed E-state index contributed by atoms with van der Waals surface area (Å²) < 4.78 is 5.27. The van der Waals surface area contributed by atoms with Crippen LogP contribution in [0.5, 0.6) is 0 Å². The molecule has 0 fully saturated rings. The second-order valence-corrected chi connectivity index (χ2v) is 4.33. The van der Waals surface area contributed by atoms with Crippen molar-refractivity contribution in [3.8, 4) is 0 Å². The third-order valence-corrected chi connectivity index (χ3v) is 3.33. The molecule has 2 aromatic heterocycles. The van der Waals surface area contributed by atoms with Crippen molar-refractivity contribution in [2.24, 2.45) is 0 Å². The second-order valence-electron chi connectivity index (χ2n) is 3.53. The van der Waals surface area contributed by atoms with E-state index in [1.807, 2.05) is 0 Å². The van der Waals surface area contributed by atoms with Crippen LogP contribution in [-0.4, -0.2) is 15.1 Å². The monoisotopic (exact) mass is 312 g/mol. The van der Waals surface area contributed by atoms with Crippen LogP contribution in [0.25, 0.3) is 0 Å². The minimum absolute atomic E-state index is 0.0196. The number of nitrogens with one attached hydrogen (secondary N) is 1. The smallest absolute Gasteiger partial charge is 0.291 e. The van der Waals surface area contributed by atoms with Gasteiger partial charge < -0.3 is 9.84 Å². The molecule has 0 saturated heterocycles. The molecule has 94 valence electrons. The molecule has 0 aliphatic carbocycles. The number of nitrogens with zero attached hydrogens (tertiary/aromatic N) is 3. The Morgan fingerprint density at radius 3 is 3.00 bits per heavy atom. The van der Waals surface area contributed by atoms with Gasteiger partial charge in [-0.1, -0.05) is 5.16 Å². The molecule has 0 unspecified atom stereocenters. The summed E-state index contributed by atoms with van der Waals surface area (Å²) >= 11 is 3.29. The van der Waals surface area contributed by atoms with E-state index in [-0.39, 0.29) is 5.69 Å². The molecular weight excluding hydrogens is 304 g/mol. The lowest BCUT2D eigenvalue weighted by atomic mass is 10.2. The fourth-order valence-corrected chi connectivity index (χ4v) is 1.83. The highest BCUT2D eigenvalue weighted by Gasteiger charge is 2.17. The molecule has 7 nitrogen and oxygen atoms in total. The van der Waals surface area contributed by atoms with E-state index in [1.54, 1.807) is 13.0 Å². The summed E-state index contributed by atoms with van der Waals surface area (Å²) in [6.45, 7) is 2.09. The number of pyridine rings is 1. The molecule has 18 heavy (non-hydrogen) atoms. The first-order chi connectivity index (χ1) is 8.59. The third kappa shape index (κ3) is 2.48. The topological polar surface area (TPSA) is 94.1 Å². The fraction of sp³-hybridized carbons (Fsp3) is 0.200. The standard InChI is InChI=1S/C10H9BrN4O3/c1-6-8(15(16)17)5-13-10(9(6)11)12-4-7-2-3-18-14-7/h2-3,5H,4H2,1H3,(H,12,13). The minimum atomic E-state index is -0.464. The molecule has 2 heterocycles. The quantitative estimate of drug-likeness (QED) is 0.689. The summed E-state index contributed by atoms with van der Waals surface area (Å²) in [4.78, 5) is 14.3. The van der Waals surface area contributed by atoms with Crippen molar-refractivity contribution in [2.45, 2.75) is 13.5 Å². The van der Waals surface area contributed by atoms with E-state index in [0.717, 1.165) is 5.69 Å². The number of hydrogen-bond acceptors (Lipinski definition) is 6. The molecule has 0 atom stereocenters. The van der Waals surface area contributed by atoms with Gasteiger partial charge in [-0.3, -0.25) is 10.1 Å². The van der Waals surface area contributed by atoms with Gasteiger partial charge in [-0.15, -0.1) is 0 Å². The maximum atomic E-state index is 10.7. The average molecular weight is 313 g/mol. The van der Waals surface area contributed by atoms with Crippen LogP contribution in [-0.2, 0) is 6.54 Å². The van der Waals surface area contributed by atoms with Gasteiger partial charge in [-0.05, 0) is 22.9 Å². The second kappa shape index (κ2) is 5.13. The number of anilines is 1. The number of aromatic nitrogens is 2. The summed E-state index contributed by atoms with van der Waals surface area (Å²) in [6, 6.07) is 1.72. The molecule has 2 rings (SSSR count). The first-order valence-corrected chi connectivity index (χ1v) is 5.81. The Morgan fingerprint density at radius 1 is 1.61 bits per heavy atom. The molecule has 0 radical (unpaired) electrons. The van der Waals surface area contributed by atoms with Gasteiger partial charge in [0.2, 0.25) is 0 Å². The molecule has 0 spiro atoms. The Bertz CT molecular complexity index is 571. The van der Waals surface area contributed by atoms with Gasteiger partial charge in [-0.2, -0.15) is 0 Å². The number of hydrogen-bond donors (Lipinski definition) is 1. The van der Waals surface area contributed by atoms with Gasteiger partial charge in [0.1, 0.15) is 24.0 Å². The van der Waals surface area contributed by atoms with Crippen LogP contribution in [0.4, 0.5) is 11.5 Å². The maximum Gasteiger partial charge on any atom is 0.291 e. The summed E-state index contributed by atoms with van der Waals surface area (Å²) in [5.41, 5.74) is 1.23. The van der Waals surface area contributed by atoms with Gasteiger partial charge in [0.05, 0.1) is 15.9 Å². The van der Waals surface area contributed by atoms with Crippen LogP contribution in [0.15, 0.2) is 27.5 Å². The van der Waals surface area contributed by atoms with Crippen molar-refractivity contribution in [3.63, 3.8) is 0 Å². The molecule has 0 bridgehead atoms. The number of nitro groups is 1. The van der Waals surface area contributed by atoms with Gasteiger partial charge in [0.15, 0.2) is 0 Å². The molecule has 0 aromatic carbocycles. The lowest BCUT2D eigenvalue weighted by Gasteiger charge is -2.07. The Balaban J connectivity index is 2.19. The number of rotatable bonds is 4. The van der Waals surface area contributed by atoms with E-state index >= 15 is 0 Å². The first-order valence-electron chi connectivity index (χ1n) is 5.02. The van der Waals surface area contributed by atoms with Crippen LogP contribution in [0.3, 0.4) is 0 Å². The van der Waals surface area contributed by atoms with Gasteiger partial charge in [-0.25, -0.2) is 4.98 Å². The predicted octanol–water partition coefficient (Wildman–Crippen LogP) is 2.66. The highest BCUT2D eigenvalue weighted by Crippen LogP contribution is 2.30. The van der Waals surface area contributed by atoms with Crippen molar-refractivity contribution >= 4 is 27.4 Å². The highest BCUT2D eigenvalue weighted by molar-refractivity contribution is 9.10. The molecular formula is C10H9BrN4O3. The van der Waals surface area contributed by atoms with E-state index in [2.05, 4.69) is 31.4 Å². The predicted molar refractivity (Wildman–Crippen MR) is 67.2 cm³/mol. The fourth-order valence-electron chi connectivity index (χ4n) is 1.38. The third-order valence-electron chi connectivity index (χ3n) is 2.36. The minimum Gasteiger partial charge on any atom is -0.364 e. The lowest BCUT2D eigenvalue weighted by molar-refractivity contribution is -0.385. The number of halogens is 1. The van der Waals surface area contributed by atoms with E-state index in [9.17, 15) is 10.1 Å². The Morgan fingerprint density at radius 2 is 2.39 bits per heavy atom. The Labute approximate surface area is 110 Å². The van der Waals surface area contributed by atoms with E-state index < -0.39 is 4.92 Å². The van der Waals surface area contributed by atoms with Crippen molar-refractivity contribution in [1.82, 2.24) is 10.1 Å². The Hall–Kier alpha value is -1.96. The zero-order valence-corrected chi connectivity index (χ0v) is 11.0. The van der Waals surface area contributed by atoms with E-state index in [0.29, 0.717) is 22.4 Å². The van der Waals surface area contributed by atoms with Crippen molar-refractivity contribution in [3.05, 3.63) is 44.4 Å². The average Bonchev–Trinajstić information content (AvgIpc) is 2.83. The SMILES string of the molecule is Cc1c([N+](=O)[O-])cnc(NCc2ccon2)c1Br. The van der Waals surface area contributed by atoms with Gasteiger partial charge in [0.25, 0.3) is 5.69 Å². The van der Waals surface area contributed by atoms with Crippen LogP contribution in [0, 0.1) is 17.0 Å². The van der Waals surface area contributed by atoms with Crippen LogP contribution in [0.2, 0.25) is 0 Å². The van der Waals surface area contributed by atoms with Gasteiger partial charge >= 0.3 is 0 Å². The van der Waals surface area contributed by atoms with Crippen LogP contribution >= 0.6 is 15.9 Å². The lowest BCUT2D eigenvalue weighted by Crippen LogP contribution is -2.04. The summed E-state index contributed by atoms with van der Waals surface area (Å²) in [6.07, 6.45) is 2.70. The van der Waals surface area contributed by atoms with E-state index in [4.69, 9.17) is 4.52 Å². The van der Waals surface area contributed by atoms with Crippen LogP contribution in [0.1, 0.15) is 11.3 Å². The normalized spacial score (nSPS) is 10.3. The van der Waals surface area contributed by atoms with Crippen molar-refractivity contribution in [2.75, 3.05) is 5.32 Å². The molecule has 0 aliphatic heterocycles. The largest absolute Gasteiger partial charge is 0.364 e. The Kier molecular flexibility index (Phi) is 3.56.